The molecule has 0 heterocycles. The molecule has 0 rings (SSSR count). The highest BCUT2D eigenvalue weighted by Gasteiger charge is 2.06. The summed E-state index contributed by atoms with van der Waals surface area (Å²) in [5, 5.41) is 0. The normalized spacial score (nSPS) is 10.7. The van der Waals surface area contributed by atoms with Gasteiger partial charge in [-0.25, -0.2) is 13.8 Å². The van der Waals surface area contributed by atoms with E-state index in [-0.39, 0.29) is 13.2 Å². The molecule has 0 fully saturated rings. The lowest BCUT2D eigenvalue weighted by Gasteiger charge is -1.99. The van der Waals surface area contributed by atoms with Crippen molar-refractivity contribution >= 4 is 10.4 Å². The lowest BCUT2D eigenvalue weighted by atomic mass is 10.8. The Kier molecular flexibility index (Phi) is 13.6. The summed E-state index contributed by atoms with van der Waals surface area (Å²) >= 11 is 0. The Morgan fingerprint density at radius 1 is 0.933 bits per heavy atom. The molecule has 7 heteroatoms. The molecule has 0 aromatic heterocycles. The van der Waals surface area contributed by atoms with Gasteiger partial charge in [-0.2, -0.15) is 8.42 Å². The van der Waals surface area contributed by atoms with E-state index in [0.717, 1.165) is 13.2 Å². The molecule has 6 nitrogen and oxygen atoms in total. The fraction of sp³-hybridized carbons (Fsp3) is 1.00. The monoisotopic (exact) mass is 243 g/mol. The first kappa shape index (κ1) is 17.2. The van der Waals surface area contributed by atoms with E-state index < -0.39 is 10.4 Å². The van der Waals surface area contributed by atoms with Crippen LogP contribution in [0.3, 0.4) is 0 Å². The van der Waals surface area contributed by atoms with Gasteiger partial charge in [0.05, 0.1) is 19.8 Å². The molecule has 0 atom stereocenters. The van der Waals surface area contributed by atoms with Gasteiger partial charge in [0.2, 0.25) is 0 Å². The molecule has 0 radical (unpaired) electrons. The standard InChI is InChI=1S/C4H11NO.C4H10O4S/c1-3-5-6-4-2;1-3-7-9(5,6)8-4-2/h5H,3-4H2,1-2H3;3-4H2,1-2H3. The van der Waals surface area contributed by atoms with Crippen LogP contribution in [0.1, 0.15) is 27.7 Å². The molecular formula is C8H21NO5S. The van der Waals surface area contributed by atoms with Gasteiger partial charge in [0, 0.05) is 6.54 Å². The average Bonchev–Trinajstić information content (AvgIpc) is 2.15. The zero-order valence-corrected chi connectivity index (χ0v) is 10.6. The van der Waals surface area contributed by atoms with Gasteiger partial charge in [-0.1, -0.05) is 6.92 Å². The van der Waals surface area contributed by atoms with Gasteiger partial charge >= 0.3 is 10.4 Å². The van der Waals surface area contributed by atoms with Crippen molar-refractivity contribution in [2.75, 3.05) is 26.4 Å². The van der Waals surface area contributed by atoms with Crippen molar-refractivity contribution in [1.29, 1.82) is 0 Å². The fourth-order valence-corrected chi connectivity index (χ4v) is 1.17. The molecule has 15 heavy (non-hydrogen) atoms. The molecular weight excluding hydrogens is 222 g/mol. The van der Waals surface area contributed by atoms with E-state index in [2.05, 4.69) is 13.8 Å². The van der Waals surface area contributed by atoms with Crippen LogP contribution >= 0.6 is 0 Å². The van der Waals surface area contributed by atoms with Crippen molar-refractivity contribution < 1.29 is 21.6 Å². The van der Waals surface area contributed by atoms with Crippen molar-refractivity contribution in [3.63, 3.8) is 0 Å². The number of nitrogens with one attached hydrogen (secondary N) is 1. The summed E-state index contributed by atoms with van der Waals surface area (Å²) in [7, 11) is -3.68. The second-order valence-corrected chi connectivity index (χ2v) is 3.44. The molecule has 0 aromatic carbocycles. The molecule has 0 amide bonds. The van der Waals surface area contributed by atoms with Crippen LogP contribution in [0.4, 0.5) is 0 Å². The van der Waals surface area contributed by atoms with Gasteiger partial charge in [0.1, 0.15) is 0 Å². The van der Waals surface area contributed by atoms with Gasteiger partial charge < -0.3 is 4.84 Å². The molecule has 0 aliphatic carbocycles. The second-order valence-electron chi connectivity index (χ2n) is 2.15. The van der Waals surface area contributed by atoms with Crippen molar-refractivity contribution in [3.8, 4) is 0 Å². The lowest BCUT2D eigenvalue weighted by Crippen LogP contribution is -2.12. The smallest absolute Gasteiger partial charge is 0.302 e. The predicted molar refractivity (Wildman–Crippen MR) is 57.5 cm³/mol. The van der Waals surface area contributed by atoms with Crippen LogP contribution in [-0.4, -0.2) is 34.8 Å². The maximum absolute atomic E-state index is 10.4. The molecule has 0 aliphatic rings. The zero-order chi connectivity index (χ0) is 12.2. The molecule has 0 bridgehead atoms. The van der Waals surface area contributed by atoms with E-state index >= 15 is 0 Å². The minimum absolute atomic E-state index is 0.113. The maximum Gasteiger partial charge on any atom is 0.399 e. The Morgan fingerprint density at radius 2 is 1.40 bits per heavy atom. The van der Waals surface area contributed by atoms with Crippen LogP contribution in [0.25, 0.3) is 0 Å². The number of hydrogen-bond acceptors (Lipinski definition) is 6. The molecule has 0 unspecified atom stereocenters. The number of hydroxylamine groups is 1. The summed E-state index contributed by atoms with van der Waals surface area (Å²) < 4.78 is 29.2. The third kappa shape index (κ3) is 16.5. The van der Waals surface area contributed by atoms with Gasteiger partial charge in [-0.15, -0.1) is 0 Å². The van der Waals surface area contributed by atoms with Crippen molar-refractivity contribution in [3.05, 3.63) is 0 Å². The third-order valence-electron chi connectivity index (χ3n) is 0.915. The first-order chi connectivity index (χ1) is 7.04. The number of rotatable bonds is 7. The van der Waals surface area contributed by atoms with Crippen LogP contribution in [0.2, 0.25) is 0 Å². The Hall–Kier alpha value is -0.210. The highest BCUT2D eigenvalue weighted by molar-refractivity contribution is 7.81. The van der Waals surface area contributed by atoms with Crippen molar-refractivity contribution in [1.82, 2.24) is 5.48 Å². The molecule has 0 aromatic rings. The topological polar surface area (TPSA) is 73.9 Å². The van der Waals surface area contributed by atoms with E-state index in [9.17, 15) is 8.42 Å². The highest BCUT2D eigenvalue weighted by atomic mass is 32.3. The SMILES string of the molecule is CCNOCC.CCOS(=O)(=O)OCC. The Labute approximate surface area is 92.2 Å². The van der Waals surface area contributed by atoms with E-state index in [0.29, 0.717) is 0 Å². The molecule has 0 spiro atoms. The molecule has 0 aliphatic heterocycles. The average molecular weight is 243 g/mol. The first-order valence-corrected chi connectivity index (χ1v) is 6.25. The first-order valence-electron chi connectivity index (χ1n) is 4.92. The van der Waals surface area contributed by atoms with E-state index in [4.69, 9.17) is 4.84 Å². The fourth-order valence-electron chi connectivity index (χ4n) is 0.527. The Morgan fingerprint density at radius 3 is 1.60 bits per heavy atom. The maximum atomic E-state index is 10.4. The molecule has 0 saturated carbocycles. The van der Waals surface area contributed by atoms with Crippen LogP contribution < -0.4 is 5.48 Å². The zero-order valence-electron chi connectivity index (χ0n) is 9.78. The lowest BCUT2D eigenvalue weighted by molar-refractivity contribution is 0.0547. The summed E-state index contributed by atoms with van der Waals surface area (Å²) in [6, 6.07) is 0. The third-order valence-corrected chi connectivity index (χ3v) is 1.96. The van der Waals surface area contributed by atoms with Gasteiger partial charge in [-0.3, -0.25) is 0 Å². The van der Waals surface area contributed by atoms with Gasteiger partial charge in [0.25, 0.3) is 0 Å². The second kappa shape index (κ2) is 11.9. The van der Waals surface area contributed by atoms with E-state index in [1.807, 2.05) is 13.8 Å². The minimum atomic E-state index is -3.68. The summed E-state index contributed by atoms with van der Waals surface area (Å²) in [6.07, 6.45) is 0. The predicted octanol–water partition coefficient (Wildman–Crippen LogP) is 0.852. The number of hydrogen-bond donors (Lipinski definition) is 1. The van der Waals surface area contributed by atoms with Crippen LogP contribution in [-0.2, 0) is 23.6 Å². The van der Waals surface area contributed by atoms with E-state index in [1.165, 1.54) is 0 Å². The van der Waals surface area contributed by atoms with Crippen molar-refractivity contribution in [2.45, 2.75) is 27.7 Å². The highest BCUT2D eigenvalue weighted by Crippen LogP contribution is 1.93. The quantitative estimate of drug-likeness (QED) is 0.528. The molecule has 94 valence electrons. The van der Waals surface area contributed by atoms with Crippen LogP contribution in [0, 0.1) is 0 Å². The summed E-state index contributed by atoms with van der Waals surface area (Å²) in [5.74, 6) is 0. The van der Waals surface area contributed by atoms with Gasteiger partial charge in [-0.05, 0) is 20.8 Å². The Bertz CT molecular complexity index is 189. The summed E-state index contributed by atoms with van der Waals surface area (Å²) in [5.41, 5.74) is 2.70. The van der Waals surface area contributed by atoms with Crippen LogP contribution in [0.15, 0.2) is 0 Å². The molecule has 1 N–H and O–H groups in total. The minimum Gasteiger partial charge on any atom is -0.302 e. The largest absolute Gasteiger partial charge is 0.399 e. The van der Waals surface area contributed by atoms with Crippen LogP contribution in [0.5, 0.6) is 0 Å². The summed E-state index contributed by atoms with van der Waals surface area (Å²) in [4.78, 5) is 4.73. The van der Waals surface area contributed by atoms with Crippen molar-refractivity contribution in [2.24, 2.45) is 0 Å². The Balaban J connectivity index is 0. The molecule has 0 saturated heterocycles. The summed E-state index contributed by atoms with van der Waals surface area (Å²) in [6.45, 7) is 8.96. The van der Waals surface area contributed by atoms with Gasteiger partial charge in [0.15, 0.2) is 0 Å². The van der Waals surface area contributed by atoms with E-state index in [1.54, 1.807) is 13.8 Å².